The number of para-hydroxylation sites is 1. The van der Waals surface area contributed by atoms with Crippen LogP contribution in [0, 0.1) is 11.3 Å². The number of anilines is 2. The SMILES string of the molecule is N#Cc1ccccc1N1CCCN(c2noc(-c3ccccc3)n2)CC1. The van der Waals surface area contributed by atoms with E-state index in [1.807, 2.05) is 54.6 Å². The lowest BCUT2D eigenvalue weighted by molar-refractivity contribution is 0.429. The average molecular weight is 345 g/mol. The molecule has 0 spiro atoms. The highest BCUT2D eigenvalue weighted by molar-refractivity contribution is 5.59. The van der Waals surface area contributed by atoms with Gasteiger partial charge in [0.2, 0.25) is 0 Å². The van der Waals surface area contributed by atoms with Crippen LogP contribution in [0.25, 0.3) is 11.5 Å². The second-order valence-corrected chi connectivity index (χ2v) is 6.22. The van der Waals surface area contributed by atoms with Crippen LogP contribution in [0.15, 0.2) is 59.1 Å². The van der Waals surface area contributed by atoms with Gasteiger partial charge in [0.15, 0.2) is 0 Å². The quantitative estimate of drug-likeness (QED) is 0.725. The predicted molar refractivity (Wildman–Crippen MR) is 99.9 cm³/mol. The Bertz CT molecular complexity index is 915. The van der Waals surface area contributed by atoms with Gasteiger partial charge in [-0.3, -0.25) is 0 Å². The van der Waals surface area contributed by atoms with Crippen LogP contribution in [0.3, 0.4) is 0 Å². The number of nitriles is 1. The van der Waals surface area contributed by atoms with Crippen molar-refractivity contribution in [1.29, 1.82) is 5.26 Å². The predicted octanol–water partition coefficient (Wildman–Crippen LogP) is 3.32. The molecule has 2 heterocycles. The fourth-order valence-electron chi connectivity index (χ4n) is 3.24. The Balaban J connectivity index is 1.49. The molecule has 3 aromatic rings. The van der Waals surface area contributed by atoms with Gasteiger partial charge < -0.3 is 14.3 Å². The molecule has 26 heavy (non-hydrogen) atoms. The Labute approximate surface area is 152 Å². The van der Waals surface area contributed by atoms with Crippen LogP contribution in [-0.2, 0) is 0 Å². The molecule has 0 saturated carbocycles. The molecule has 1 aromatic heterocycles. The third-order valence-electron chi connectivity index (χ3n) is 4.58. The first-order chi connectivity index (χ1) is 12.8. The Morgan fingerprint density at radius 1 is 0.885 bits per heavy atom. The van der Waals surface area contributed by atoms with E-state index in [9.17, 15) is 5.26 Å². The van der Waals surface area contributed by atoms with E-state index < -0.39 is 0 Å². The van der Waals surface area contributed by atoms with Gasteiger partial charge in [-0.05, 0) is 35.8 Å². The van der Waals surface area contributed by atoms with Crippen molar-refractivity contribution < 1.29 is 4.52 Å². The third kappa shape index (κ3) is 3.24. The molecule has 2 aromatic carbocycles. The molecule has 0 unspecified atom stereocenters. The van der Waals surface area contributed by atoms with Gasteiger partial charge in [0.25, 0.3) is 11.8 Å². The molecule has 130 valence electrons. The van der Waals surface area contributed by atoms with Gasteiger partial charge in [0.05, 0.1) is 11.3 Å². The zero-order valence-corrected chi connectivity index (χ0v) is 14.4. The lowest BCUT2D eigenvalue weighted by Gasteiger charge is -2.24. The molecule has 0 aliphatic carbocycles. The molecule has 6 nitrogen and oxygen atoms in total. The van der Waals surface area contributed by atoms with E-state index >= 15 is 0 Å². The molecular formula is C20H19N5O. The molecule has 0 atom stereocenters. The highest BCUT2D eigenvalue weighted by Crippen LogP contribution is 2.24. The third-order valence-corrected chi connectivity index (χ3v) is 4.58. The fourth-order valence-corrected chi connectivity index (χ4v) is 3.24. The van der Waals surface area contributed by atoms with Gasteiger partial charge in [0.1, 0.15) is 6.07 Å². The average Bonchev–Trinajstić information content (AvgIpc) is 3.07. The Morgan fingerprint density at radius 2 is 1.62 bits per heavy atom. The molecule has 1 aliphatic heterocycles. The van der Waals surface area contributed by atoms with E-state index in [0.717, 1.165) is 43.9 Å². The number of aromatic nitrogens is 2. The maximum Gasteiger partial charge on any atom is 0.266 e. The first-order valence-corrected chi connectivity index (χ1v) is 8.73. The van der Waals surface area contributed by atoms with Gasteiger partial charge in [-0.2, -0.15) is 10.2 Å². The maximum atomic E-state index is 9.34. The summed E-state index contributed by atoms with van der Waals surface area (Å²) in [5.41, 5.74) is 2.63. The first kappa shape index (κ1) is 16.2. The van der Waals surface area contributed by atoms with Crippen LogP contribution >= 0.6 is 0 Å². The van der Waals surface area contributed by atoms with E-state index in [4.69, 9.17) is 4.52 Å². The van der Waals surface area contributed by atoms with Crippen LogP contribution in [-0.4, -0.2) is 36.3 Å². The summed E-state index contributed by atoms with van der Waals surface area (Å²) in [6.07, 6.45) is 0.967. The Hall–Kier alpha value is -3.33. The minimum absolute atomic E-state index is 0.538. The molecule has 0 amide bonds. The molecular weight excluding hydrogens is 326 g/mol. The molecule has 6 heteroatoms. The molecule has 0 N–H and O–H groups in total. The number of rotatable bonds is 3. The second-order valence-electron chi connectivity index (χ2n) is 6.22. The summed E-state index contributed by atoms with van der Waals surface area (Å²) >= 11 is 0. The monoisotopic (exact) mass is 345 g/mol. The number of hydrogen-bond acceptors (Lipinski definition) is 6. The van der Waals surface area contributed by atoms with Crippen LogP contribution in [0.2, 0.25) is 0 Å². The van der Waals surface area contributed by atoms with Gasteiger partial charge in [0, 0.05) is 31.7 Å². The normalized spacial score (nSPS) is 14.7. The first-order valence-electron chi connectivity index (χ1n) is 8.73. The molecule has 0 radical (unpaired) electrons. The topological polar surface area (TPSA) is 69.2 Å². The van der Waals surface area contributed by atoms with Crippen LogP contribution in [0.1, 0.15) is 12.0 Å². The van der Waals surface area contributed by atoms with Crippen molar-refractivity contribution in [2.45, 2.75) is 6.42 Å². The Kier molecular flexibility index (Phi) is 4.52. The minimum Gasteiger partial charge on any atom is -0.369 e. The smallest absolute Gasteiger partial charge is 0.266 e. The molecule has 4 rings (SSSR count). The summed E-state index contributed by atoms with van der Waals surface area (Å²) in [5, 5.41) is 13.5. The summed E-state index contributed by atoms with van der Waals surface area (Å²) in [7, 11) is 0. The van der Waals surface area contributed by atoms with Crippen molar-refractivity contribution in [3.05, 3.63) is 60.2 Å². The minimum atomic E-state index is 0.538. The number of hydrogen-bond donors (Lipinski definition) is 0. The zero-order chi connectivity index (χ0) is 17.8. The molecule has 1 fully saturated rings. The summed E-state index contributed by atoms with van der Waals surface area (Å²) in [6.45, 7) is 3.36. The summed E-state index contributed by atoms with van der Waals surface area (Å²) in [5.74, 6) is 1.16. The van der Waals surface area contributed by atoms with E-state index in [1.54, 1.807) is 0 Å². The van der Waals surface area contributed by atoms with E-state index in [2.05, 4.69) is 26.0 Å². The number of nitrogens with zero attached hydrogens (tertiary/aromatic N) is 5. The molecule has 1 aliphatic rings. The standard InChI is InChI=1S/C20H19N5O/c21-15-17-9-4-5-10-18(17)24-11-6-12-25(14-13-24)20-22-19(26-23-20)16-7-2-1-3-8-16/h1-5,7-10H,6,11-14H2. The molecule has 0 bridgehead atoms. The van der Waals surface area contributed by atoms with Crippen molar-refractivity contribution >= 4 is 11.6 Å². The van der Waals surface area contributed by atoms with Crippen molar-refractivity contribution in [2.24, 2.45) is 0 Å². The highest BCUT2D eigenvalue weighted by Gasteiger charge is 2.21. The van der Waals surface area contributed by atoms with Gasteiger partial charge in [-0.25, -0.2) is 0 Å². The van der Waals surface area contributed by atoms with Crippen molar-refractivity contribution in [3.63, 3.8) is 0 Å². The van der Waals surface area contributed by atoms with Gasteiger partial charge in [-0.15, -0.1) is 0 Å². The fraction of sp³-hybridized carbons (Fsp3) is 0.250. The van der Waals surface area contributed by atoms with E-state index in [0.29, 0.717) is 17.4 Å². The van der Waals surface area contributed by atoms with Crippen LogP contribution in [0.5, 0.6) is 0 Å². The summed E-state index contributed by atoms with van der Waals surface area (Å²) in [4.78, 5) is 8.96. The summed E-state index contributed by atoms with van der Waals surface area (Å²) in [6, 6.07) is 19.8. The van der Waals surface area contributed by atoms with Gasteiger partial charge in [-0.1, -0.05) is 30.3 Å². The molecule has 1 saturated heterocycles. The zero-order valence-electron chi connectivity index (χ0n) is 14.4. The highest BCUT2D eigenvalue weighted by atomic mass is 16.5. The van der Waals surface area contributed by atoms with E-state index in [-0.39, 0.29) is 0 Å². The van der Waals surface area contributed by atoms with Crippen molar-refractivity contribution in [1.82, 2.24) is 10.1 Å². The second kappa shape index (κ2) is 7.28. The number of benzene rings is 2. The lowest BCUT2D eigenvalue weighted by Crippen LogP contribution is -2.31. The summed E-state index contributed by atoms with van der Waals surface area (Å²) < 4.78 is 5.43. The largest absolute Gasteiger partial charge is 0.369 e. The Morgan fingerprint density at radius 3 is 2.46 bits per heavy atom. The van der Waals surface area contributed by atoms with Crippen LogP contribution in [0.4, 0.5) is 11.6 Å². The maximum absolute atomic E-state index is 9.34. The van der Waals surface area contributed by atoms with Crippen LogP contribution < -0.4 is 9.80 Å². The van der Waals surface area contributed by atoms with Crippen molar-refractivity contribution in [2.75, 3.05) is 36.0 Å². The van der Waals surface area contributed by atoms with Crippen molar-refractivity contribution in [3.8, 4) is 17.5 Å². The van der Waals surface area contributed by atoms with Gasteiger partial charge >= 0.3 is 0 Å². The van der Waals surface area contributed by atoms with E-state index in [1.165, 1.54) is 0 Å². The lowest BCUT2D eigenvalue weighted by atomic mass is 10.1.